The van der Waals surface area contributed by atoms with Crippen LogP contribution < -0.4 is 9.62 Å². The quantitative estimate of drug-likeness (QED) is 0.490. The van der Waals surface area contributed by atoms with Crippen LogP contribution in [0.5, 0.6) is 0 Å². The molecule has 2 rings (SSSR count). The maximum atomic E-state index is 12.9. The lowest BCUT2D eigenvalue weighted by Crippen LogP contribution is -2.31. The van der Waals surface area contributed by atoms with Crippen molar-refractivity contribution in [1.82, 2.24) is 5.32 Å². The molecule has 0 unspecified atom stereocenters. The van der Waals surface area contributed by atoms with Gasteiger partial charge in [0.1, 0.15) is 0 Å². The molecule has 2 aromatic rings. The molecular weight excluding hydrogens is 396 g/mol. The average Bonchev–Trinajstić information content (AvgIpc) is 2.72. The van der Waals surface area contributed by atoms with Crippen LogP contribution in [-0.4, -0.2) is 54.2 Å². The van der Waals surface area contributed by atoms with Gasteiger partial charge in [-0.1, -0.05) is 23.8 Å². The summed E-state index contributed by atoms with van der Waals surface area (Å²) in [5.74, 6) is -1.26. The number of esters is 1. The van der Waals surface area contributed by atoms with Gasteiger partial charge >= 0.3 is 5.97 Å². The first-order valence-corrected chi connectivity index (χ1v) is 10.3. The van der Waals surface area contributed by atoms with Crippen LogP contribution in [0.3, 0.4) is 0 Å². The van der Waals surface area contributed by atoms with Gasteiger partial charge in [0.25, 0.3) is 15.9 Å². The first-order chi connectivity index (χ1) is 13.8. The summed E-state index contributed by atoms with van der Waals surface area (Å²) in [7, 11) is -0.931. The van der Waals surface area contributed by atoms with Crippen molar-refractivity contribution in [2.45, 2.75) is 11.8 Å². The lowest BCUT2D eigenvalue weighted by atomic mass is 10.2. The molecule has 1 amide bonds. The summed E-state index contributed by atoms with van der Waals surface area (Å²) in [6.45, 7) is 2.08. The molecule has 0 bridgehead atoms. The van der Waals surface area contributed by atoms with Gasteiger partial charge in [-0.3, -0.25) is 9.10 Å². The highest BCUT2D eigenvalue weighted by atomic mass is 32.2. The minimum atomic E-state index is -3.87. The molecule has 0 heterocycles. The molecule has 0 spiro atoms. The molecule has 0 radical (unpaired) electrons. The number of anilines is 1. The second-order valence-corrected chi connectivity index (χ2v) is 8.22. The number of carbonyl (C=O) groups excluding carboxylic acids is 2. The highest BCUT2D eigenvalue weighted by Crippen LogP contribution is 2.23. The Kier molecular flexibility index (Phi) is 7.74. The van der Waals surface area contributed by atoms with Crippen molar-refractivity contribution in [3.8, 4) is 0 Å². The summed E-state index contributed by atoms with van der Waals surface area (Å²) in [4.78, 5) is 23.7. The van der Waals surface area contributed by atoms with E-state index in [-0.39, 0.29) is 10.5 Å². The maximum absolute atomic E-state index is 12.9. The fraction of sp³-hybridized carbons (Fsp3) is 0.300. The zero-order valence-electron chi connectivity index (χ0n) is 16.5. The molecule has 0 fully saturated rings. The summed E-state index contributed by atoms with van der Waals surface area (Å²) < 4.78 is 36.7. The first-order valence-electron chi connectivity index (χ1n) is 8.84. The Morgan fingerprint density at radius 2 is 1.79 bits per heavy atom. The molecule has 29 heavy (non-hydrogen) atoms. The third-order valence-corrected chi connectivity index (χ3v) is 5.87. The number of hydrogen-bond acceptors (Lipinski definition) is 6. The third-order valence-electron chi connectivity index (χ3n) is 4.09. The van der Waals surface area contributed by atoms with Crippen LogP contribution in [0, 0.1) is 6.92 Å². The number of nitrogens with one attached hydrogen (secondary N) is 1. The molecular formula is C20H24N2O6S. The maximum Gasteiger partial charge on any atom is 0.338 e. The van der Waals surface area contributed by atoms with Crippen molar-refractivity contribution < 1.29 is 27.5 Å². The molecule has 0 aliphatic carbocycles. The number of aryl methyl sites for hydroxylation is 1. The fourth-order valence-corrected chi connectivity index (χ4v) is 3.63. The van der Waals surface area contributed by atoms with Crippen LogP contribution >= 0.6 is 0 Å². The molecule has 156 valence electrons. The Morgan fingerprint density at radius 3 is 2.45 bits per heavy atom. The summed E-state index contributed by atoms with van der Waals surface area (Å²) in [5, 5.41) is 2.52. The Balaban J connectivity index is 2.10. The van der Waals surface area contributed by atoms with E-state index in [2.05, 4.69) is 5.32 Å². The Morgan fingerprint density at radius 1 is 1.10 bits per heavy atom. The third kappa shape index (κ3) is 6.03. The molecule has 0 aromatic heterocycles. The zero-order chi connectivity index (χ0) is 21.4. The van der Waals surface area contributed by atoms with Gasteiger partial charge in [0.2, 0.25) is 0 Å². The Labute approximate surface area is 170 Å². The number of ether oxygens (including phenoxy) is 2. The minimum absolute atomic E-state index is 0.0353. The standard InChI is InChI=1S/C20H24N2O6S/c1-15-7-9-17(10-8-15)22(2)29(25,26)18-6-4-5-16(13-18)20(24)28-14-19(23)21-11-12-27-3/h4-10,13H,11-12,14H2,1-3H3,(H,21,23). The number of nitrogens with zero attached hydrogens (tertiary/aromatic N) is 1. The van der Waals surface area contributed by atoms with Crippen LogP contribution in [0.4, 0.5) is 5.69 Å². The highest BCUT2D eigenvalue weighted by Gasteiger charge is 2.23. The normalized spacial score (nSPS) is 11.0. The SMILES string of the molecule is COCCNC(=O)COC(=O)c1cccc(S(=O)(=O)N(C)c2ccc(C)cc2)c1. The van der Waals surface area contributed by atoms with Gasteiger partial charge in [0.05, 0.1) is 22.8 Å². The zero-order valence-corrected chi connectivity index (χ0v) is 17.4. The van der Waals surface area contributed by atoms with Crippen LogP contribution in [0.25, 0.3) is 0 Å². The van der Waals surface area contributed by atoms with Gasteiger partial charge in [0.15, 0.2) is 6.61 Å². The number of sulfonamides is 1. The van der Waals surface area contributed by atoms with Gasteiger partial charge in [-0.25, -0.2) is 13.2 Å². The van der Waals surface area contributed by atoms with E-state index < -0.39 is 28.5 Å². The van der Waals surface area contributed by atoms with Crippen molar-refractivity contribution in [1.29, 1.82) is 0 Å². The molecule has 0 saturated carbocycles. The fourth-order valence-electron chi connectivity index (χ4n) is 2.39. The lowest BCUT2D eigenvalue weighted by molar-refractivity contribution is -0.124. The van der Waals surface area contributed by atoms with Crippen molar-refractivity contribution in [2.24, 2.45) is 0 Å². The number of amides is 1. The smallest absolute Gasteiger partial charge is 0.338 e. The number of methoxy groups -OCH3 is 1. The van der Waals surface area contributed by atoms with Crippen LogP contribution in [0.2, 0.25) is 0 Å². The predicted molar refractivity (Wildman–Crippen MR) is 108 cm³/mol. The molecule has 0 saturated heterocycles. The topological polar surface area (TPSA) is 102 Å². The summed E-state index contributed by atoms with van der Waals surface area (Å²) in [5.41, 5.74) is 1.54. The number of rotatable bonds is 9. The largest absolute Gasteiger partial charge is 0.452 e. The van der Waals surface area contributed by atoms with Crippen molar-refractivity contribution in [3.63, 3.8) is 0 Å². The highest BCUT2D eigenvalue weighted by molar-refractivity contribution is 7.92. The molecule has 9 heteroatoms. The van der Waals surface area contributed by atoms with Gasteiger partial charge in [-0.2, -0.15) is 0 Å². The summed E-state index contributed by atoms with van der Waals surface area (Å²) in [6.07, 6.45) is 0. The Hall–Kier alpha value is -2.91. The molecule has 0 aliphatic heterocycles. The van der Waals surface area contributed by atoms with E-state index in [1.807, 2.05) is 19.1 Å². The van der Waals surface area contributed by atoms with E-state index in [1.54, 1.807) is 12.1 Å². The number of hydrogen-bond donors (Lipinski definition) is 1. The second kappa shape index (κ2) is 10.0. The molecule has 2 aromatic carbocycles. The van der Waals surface area contributed by atoms with Gasteiger partial charge in [-0.15, -0.1) is 0 Å². The Bertz CT molecular complexity index is 957. The van der Waals surface area contributed by atoms with E-state index in [0.29, 0.717) is 18.8 Å². The first kappa shape index (κ1) is 22.4. The lowest BCUT2D eigenvalue weighted by Gasteiger charge is -2.20. The second-order valence-electron chi connectivity index (χ2n) is 6.25. The van der Waals surface area contributed by atoms with Crippen molar-refractivity contribution in [2.75, 3.05) is 38.2 Å². The van der Waals surface area contributed by atoms with E-state index in [4.69, 9.17) is 9.47 Å². The van der Waals surface area contributed by atoms with E-state index in [9.17, 15) is 18.0 Å². The average molecular weight is 420 g/mol. The van der Waals surface area contributed by atoms with Crippen LogP contribution in [-0.2, 0) is 24.3 Å². The predicted octanol–water partition coefficient (Wildman–Crippen LogP) is 1.74. The van der Waals surface area contributed by atoms with Gasteiger partial charge in [-0.05, 0) is 37.3 Å². The molecule has 0 aliphatic rings. The van der Waals surface area contributed by atoms with Gasteiger partial charge < -0.3 is 14.8 Å². The number of carbonyl (C=O) groups is 2. The van der Waals surface area contributed by atoms with Crippen LogP contribution in [0.1, 0.15) is 15.9 Å². The van der Waals surface area contributed by atoms with Crippen molar-refractivity contribution in [3.05, 3.63) is 59.7 Å². The van der Waals surface area contributed by atoms with Crippen molar-refractivity contribution >= 4 is 27.6 Å². The summed E-state index contributed by atoms with van der Waals surface area (Å²) >= 11 is 0. The molecule has 0 atom stereocenters. The van der Waals surface area contributed by atoms with E-state index in [0.717, 1.165) is 9.87 Å². The van der Waals surface area contributed by atoms with Crippen LogP contribution in [0.15, 0.2) is 53.4 Å². The summed E-state index contributed by atoms with van der Waals surface area (Å²) in [6, 6.07) is 12.5. The molecule has 1 N–H and O–H groups in total. The monoisotopic (exact) mass is 420 g/mol. The number of benzene rings is 2. The van der Waals surface area contributed by atoms with E-state index in [1.165, 1.54) is 38.4 Å². The van der Waals surface area contributed by atoms with E-state index >= 15 is 0 Å². The molecule has 8 nitrogen and oxygen atoms in total. The minimum Gasteiger partial charge on any atom is -0.452 e. The van der Waals surface area contributed by atoms with Gasteiger partial charge in [0, 0.05) is 20.7 Å².